The van der Waals surface area contributed by atoms with Crippen molar-refractivity contribution in [3.8, 4) is 6.07 Å². The van der Waals surface area contributed by atoms with E-state index in [0.717, 1.165) is 0 Å². The van der Waals surface area contributed by atoms with Gasteiger partial charge in [-0.1, -0.05) is 13.8 Å². The molecule has 0 aliphatic carbocycles. The van der Waals surface area contributed by atoms with E-state index in [2.05, 4.69) is 5.32 Å². The Labute approximate surface area is 61.0 Å². The topological polar surface area (TPSA) is 52.9 Å². The Morgan fingerprint density at radius 1 is 1.60 bits per heavy atom. The van der Waals surface area contributed by atoms with Crippen LogP contribution in [0.4, 0.5) is 0 Å². The number of nitriles is 1. The molecule has 1 N–H and O–H groups in total. The van der Waals surface area contributed by atoms with Gasteiger partial charge in [0.25, 0.3) is 0 Å². The number of amides is 1. The molecule has 1 atom stereocenters. The SMILES string of the molecule is CNC(=O)C(C#N)C(C)C. The van der Waals surface area contributed by atoms with E-state index in [1.54, 1.807) is 0 Å². The molecule has 0 fully saturated rings. The first kappa shape index (κ1) is 8.96. The van der Waals surface area contributed by atoms with E-state index in [1.807, 2.05) is 19.9 Å². The Morgan fingerprint density at radius 3 is 2.20 bits per heavy atom. The van der Waals surface area contributed by atoms with Crippen molar-refractivity contribution in [2.45, 2.75) is 13.8 Å². The number of nitrogens with zero attached hydrogens (tertiary/aromatic N) is 1. The Bertz CT molecular complexity index is 157. The average Bonchev–Trinajstić information content (AvgIpc) is 1.88. The maximum absolute atomic E-state index is 10.9. The number of carbonyl (C=O) groups is 1. The van der Waals surface area contributed by atoms with E-state index in [9.17, 15) is 4.79 Å². The van der Waals surface area contributed by atoms with Crippen LogP contribution in [0.15, 0.2) is 0 Å². The van der Waals surface area contributed by atoms with Gasteiger partial charge in [0.1, 0.15) is 5.92 Å². The summed E-state index contributed by atoms with van der Waals surface area (Å²) >= 11 is 0. The van der Waals surface area contributed by atoms with Crippen LogP contribution in [-0.2, 0) is 4.79 Å². The van der Waals surface area contributed by atoms with Crippen LogP contribution in [0.3, 0.4) is 0 Å². The van der Waals surface area contributed by atoms with Crippen molar-refractivity contribution >= 4 is 5.91 Å². The molecule has 10 heavy (non-hydrogen) atoms. The van der Waals surface area contributed by atoms with Gasteiger partial charge in [0.2, 0.25) is 5.91 Å². The fourth-order valence-electron chi connectivity index (χ4n) is 0.666. The maximum atomic E-state index is 10.9. The van der Waals surface area contributed by atoms with Crippen molar-refractivity contribution < 1.29 is 4.79 Å². The van der Waals surface area contributed by atoms with Crippen molar-refractivity contribution in [1.29, 1.82) is 5.26 Å². The molecule has 0 aromatic rings. The summed E-state index contributed by atoms with van der Waals surface area (Å²) in [5.74, 6) is -0.618. The summed E-state index contributed by atoms with van der Waals surface area (Å²) in [6, 6.07) is 1.94. The molecular weight excluding hydrogens is 128 g/mol. The second kappa shape index (κ2) is 3.89. The number of rotatable bonds is 2. The molecule has 0 aliphatic heterocycles. The molecule has 0 aliphatic rings. The molecule has 0 rings (SSSR count). The lowest BCUT2D eigenvalue weighted by atomic mass is 9.97. The predicted octanol–water partition coefficient (Wildman–Crippen LogP) is 0.528. The predicted molar refractivity (Wildman–Crippen MR) is 38.0 cm³/mol. The molecule has 3 heteroatoms. The molecular formula is C7H12N2O. The fourth-order valence-corrected chi connectivity index (χ4v) is 0.666. The number of nitrogens with one attached hydrogen (secondary N) is 1. The molecule has 1 amide bonds. The van der Waals surface area contributed by atoms with E-state index >= 15 is 0 Å². The second-order valence-electron chi connectivity index (χ2n) is 2.47. The second-order valence-corrected chi connectivity index (χ2v) is 2.47. The van der Waals surface area contributed by atoms with Crippen molar-refractivity contribution in [2.75, 3.05) is 7.05 Å². The zero-order chi connectivity index (χ0) is 8.15. The van der Waals surface area contributed by atoms with E-state index < -0.39 is 5.92 Å². The minimum absolute atomic E-state index is 0.0879. The molecule has 3 nitrogen and oxygen atoms in total. The van der Waals surface area contributed by atoms with Gasteiger partial charge < -0.3 is 5.32 Å². The number of carbonyl (C=O) groups excluding carboxylic acids is 1. The highest BCUT2D eigenvalue weighted by molar-refractivity contribution is 5.80. The van der Waals surface area contributed by atoms with Crippen LogP contribution in [0.25, 0.3) is 0 Å². The van der Waals surface area contributed by atoms with E-state index in [-0.39, 0.29) is 11.8 Å². The van der Waals surface area contributed by atoms with E-state index in [4.69, 9.17) is 5.26 Å². The Balaban J connectivity index is 4.11. The molecule has 1 unspecified atom stereocenters. The van der Waals surface area contributed by atoms with Crippen LogP contribution in [0.2, 0.25) is 0 Å². The monoisotopic (exact) mass is 140 g/mol. The lowest BCUT2D eigenvalue weighted by Crippen LogP contribution is -2.29. The van der Waals surface area contributed by atoms with Crippen LogP contribution in [0.5, 0.6) is 0 Å². The zero-order valence-electron chi connectivity index (χ0n) is 6.51. The summed E-state index contributed by atoms with van der Waals surface area (Å²) in [5, 5.41) is 10.9. The third kappa shape index (κ3) is 2.06. The molecule has 0 bridgehead atoms. The van der Waals surface area contributed by atoms with Crippen LogP contribution in [0, 0.1) is 23.2 Å². The van der Waals surface area contributed by atoms with E-state index in [0.29, 0.717) is 0 Å². The number of hydrogen-bond donors (Lipinski definition) is 1. The largest absolute Gasteiger partial charge is 0.358 e. The Hall–Kier alpha value is -1.04. The minimum Gasteiger partial charge on any atom is -0.358 e. The fraction of sp³-hybridized carbons (Fsp3) is 0.714. The van der Waals surface area contributed by atoms with Gasteiger partial charge in [-0.15, -0.1) is 0 Å². The first-order valence-corrected chi connectivity index (χ1v) is 3.24. The van der Waals surface area contributed by atoms with E-state index in [1.165, 1.54) is 7.05 Å². The van der Waals surface area contributed by atoms with Crippen LogP contribution in [-0.4, -0.2) is 13.0 Å². The zero-order valence-corrected chi connectivity index (χ0v) is 6.51. The molecule has 0 radical (unpaired) electrons. The summed E-state index contributed by atoms with van der Waals surface area (Å²) in [7, 11) is 1.54. The van der Waals surface area contributed by atoms with Gasteiger partial charge in [0.05, 0.1) is 6.07 Å². The first-order chi connectivity index (χ1) is 4.63. The highest BCUT2D eigenvalue weighted by Gasteiger charge is 2.19. The maximum Gasteiger partial charge on any atom is 0.237 e. The van der Waals surface area contributed by atoms with Crippen LogP contribution in [0.1, 0.15) is 13.8 Å². The molecule has 56 valence electrons. The first-order valence-electron chi connectivity index (χ1n) is 3.24. The van der Waals surface area contributed by atoms with Crippen molar-refractivity contribution in [2.24, 2.45) is 11.8 Å². The lowest BCUT2D eigenvalue weighted by molar-refractivity contribution is -0.123. The molecule has 0 saturated heterocycles. The highest BCUT2D eigenvalue weighted by Crippen LogP contribution is 2.08. The van der Waals surface area contributed by atoms with Crippen molar-refractivity contribution in [3.63, 3.8) is 0 Å². The Morgan fingerprint density at radius 2 is 2.10 bits per heavy atom. The smallest absolute Gasteiger partial charge is 0.237 e. The van der Waals surface area contributed by atoms with Gasteiger partial charge in [0, 0.05) is 7.05 Å². The van der Waals surface area contributed by atoms with Crippen molar-refractivity contribution in [3.05, 3.63) is 0 Å². The summed E-state index contributed by atoms with van der Waals surface area (Å²) in [5.41, 5.74) is 0. The molecule has 0 heterocycles. The van der Waals surface area contributed by atoms with Gasteiger partial charge >= 0.3 is 0 Å². The standard InChI is InChI=1S/C7H12N2O/c1-5(2)6(4-8)7(10)9-3/h5-6H,1-3H3,(H,9,10). The quantitative estimate of drug-likeness (QED) is 0.608. The van der Waals surface area contributed by atoms with Gasteiger partial charge in [-0.2, -0.15) is 5.26 Å². The highest BCUT2D eigenvalue weighted by atomic mass is 16.1. The summed E-state index contributed by atoms with van der Waals surface area (Å²) in [4.78, 5) is 10.9. The van der Waals surface area contributed by atoms with Crippen molar-refractivity contribution in [1.82, 2.24) is 5.32 Å². The molecule has 0 saturated carbocycles. The molecule has 0 aromatic heterocycles. The third-order valence-electron chi connectivity index (χ3n) is 1.33. The van der Waals surface area contributed by atoms with Crippen LogP contribution >= 0.6 is 0 Å². The average molecular weight is 140 g/mol. The lowest BCUT2D eigenvalue weighted by Gasteiger charge is -2.09. The van der Waals surface area contributed by atoms with Gasteiger partial charge in [-0.05, 0) is 5.92 Å². The molecule has 0 spiro atoms. The third-order valence-corrected chi connectivity index (χ3v) is 1.33. The summed E-state index contributed by atoms with van der Waals surface area (Å²) < 4.78 is 0. The summed E-state index contributed by atoms with van der Waals surface area (Å²) in [6.07, 6.45) is 0. The van der Waals surface area contributed by atoms with Gasteiger partial charge in [-0.25, -0.2) is 0 Å². The van der Waals surface area contributed by atoms with Gasteiger partial charge in [0.15, 0.2) is 0 Å². The number of hydrogen-bond acceptors (Lipinski definition) is 2. The van der Waals surface area contributed by atoms with Crippen LogP contribution < -0.4 is 5.32 Å². The normalized spacial score (nSPS) is 12.3. The van der Waals surface area contributed by atoms with Gasteiger partial charge in [-0.3, -0.25) is 4.79 Å². The minimum atomic E-state index is -0.509. The molecule has 0 aromatic carbocycles. The summed E-state index contributed by atoms with van der Waals surface area (Å²) in [6.45, 7) is 3.70. The Kier molecular flexibility index (Phi) is 3.48.